The van der Waals surface area contributed by atoms with Crippen molar-refractivity contribution < 1.29 is 18.8 Å². The molecule has 2 aromatic rings. The molecular formula is C16H18N2O4. The standard InChI is InChI=1S/C16H18N2O4/c1-4-21-14-7-5-6-12(16(14)20-3)8-9-15(19)17-13-10-22-18-11(13)2/h5-10H,4H2,1-3H3,(H,17,19)/b9-8+. The Morgan fingerprint density at radius 1 is 1.45 bits per heavy atom. The number of para-hydroxylation sites is 1. The second-order valence-corrected chi connectivity index (χ2v) is 4.45. The molecule has 1 aromatic carbocycles. The number of amides is 1. The quantitative estimate of drug-likeness (QED) is 0.830. The highest BCUT2D eigenvalue weighted by Gasteiger charge is 2.09. The summed E-state index contributed by atoms with van der Waals surface area (Å²) in [6, 6.07) is 5.51. The molecule has 0 unspecified atom stereocenters. The van der Waals surface area contributed by atoms with Gasteiger partial charge in [-0.05, 0) is 26.0 Å². The maximum absolute atomic E-state index is 11.9. The van der Waals surface area contributed by atoms with Crippen LogP contribution in [-0.2, 0) is 4.79 Å². The fourth-order valence-electron chi connectivity index (χ4n) is 1.90. The Balaban J connectivity index is 2.14. The lowest BCUT2D eigenvalue weighted by molar-refractivity contribution is -0.111. The van der Waals surface area contributed by atoms with Gasteiger partial charge in [0.15, 0.2) is 11.5 Å². The van der Waals surface area contributed by atoms with E-state index in [0.717, 1.165) is 5.56 Å². The molecule has 1 aromatic heterocycles. The average molecular weight is 302 g/mol. The van der Waals surface area contributed by atoms with Crippen molar-refractivity contribution in [3.8, 4) is 11.5 Å². The molecule has 0 spiro atoms. The maximum atomic E-state index is 11.9. The summed E-state index contributed by atoms with van der Waals surface area (Å²) in [5.74, 6) is 0.951. The van der Waals surface area contributed by atoms with Crippen molar-refractivity contribution in [2.24, 2.45) is 0 Å². The number of hydrogen-bond donors (Lipinski definition) is 1. The lowest BCUT2D eigenvalue weighted by atomic mass is 10.1. The van der Waals surface area contributed by atoms with E-state index in [2.05, 4.69) is 10.5 Å². The summed E-state index contributed by atoms with van der Waals surface area (Å²) in [6.45, 7) is 4.19. The Morgan fingerprint density at radius 2 is 2.27 bits per heavy atom. The Labute approximate surface area is 128 Å². The number of carbonyl (C=O) groups excluding carboxylic acids is 1. The lowest BCUT2D eigenvalue weighted by Crippen LogP contribution is -2.08. The number of nitrogens with zero attached hydrogens (tertiary/aromatic N) is 1. The van der Waals surface area contributed by atoms with E-state index < -0.39 is 0 Å². The van der Waals surface area contributed by atoms with Gasteiger partial charge in [-0.2, -0.15) is 0 Å². The number of nitrogens with one attached hydrogen (secondary N) is 1. The molecule has 0 aliphatic carbocycles. The van der Waals surface area contributed by atoms with Crippen LogP contribution in [0.25, 0.3) is 6.08 Å². The molecule has 116 valence electrons. The number of methoxy groups -OCH3 is 1. The average Bonchev–Trinajstić information content (AvgIpc) is 2.91. The Bertz CT molecular complexity index is 677. The minimum absolute atomic E-state index is 0.282. The largest absolute Gasteiger partial charge is 0.492 e. The summed E-state index contributed by atoms with van der Waals surface area (Å²) in [5, 5.41) is 6.38. The maximum Gasteiger partial charge on any atom is 0.248 e. The Morgan fingerprint density at radius 3 is 2.91 bits per heavy atom. The molecular weight excluding hydrogens is 284 g/mol. The normalized spacial score (nSPS) is 10.7. The fraction of sp³-hybridized carbons (Fsp3) is 0.250. The second kappa shape index (κ2) is 7.31. The zero-order valence-corrected chi connectivity index (χ0v) is 12.8. The molecule has 0 fully saturated rings. The summed E-state index contributed by atoms with van der Waals surface area (Å²) in [4.78, 5) is 11.9. The molecule has 1 amide bonds. The van der Waals surface area contributed by atoms with Gasteiger partial charge in [-0.3, -0.25) is 4.79 Å². The second-order valence-electron chi connectivity index (χ2n) is 4.45. The van der Waals surface area contributed by atoms with Gasteiger partial charge in [0, 0.05) is 11.6 Å². The van der Waals surface area contributed by atoms with Crippen molar-refractivity contribution in [1.29, 1.82) is 0 Å². The zero-order valence-electron chi connectivity index (χ0n) is 12.8. The first-order chi connectivity index (χ1) is 10.7. The smallest absolute Gasteiger partial charge is 0.248 e. The van der Waals surface area contributed by atoms with E-state index in [1.54, 1.807) is 20.1 Å². The van der Waals surface area contributed by atoms with E-state index in [0.29, 0.717) is 29.5 Å². The van der Waals surface area contributed by atoms with Gasteiger partial charge in [-0.25, -0.2) is 0 Å². The first kappa shape index (κ1) is 15.6. The van der Waals surface area contributed by atoms with E-state index in [4.69, 9.17) is 14.0 Å². The van der Waals surface area contributed by atoms with Gasteiger partial charge in [0.05, 0.1) is 13.7 Å². The van der Waals surface area contributed by atoms with Crippen LogP contribution in [-0.4, -0.2) is 24.8 Å². The van der Waals surface area contributed by atoms with Crippen molar-refractivity contribution >= 4 is 17.7 Å². The molecule has 22 heavy (non-hydrogen) atoms. The molecule has 6 heteroatoms. The van der Waals surface area contributed by atoms with E-state index in [9.17, 15) is 4.79 Å². The number of hydrogen-bond acceptors (Lipinski definition) is 5. The van der Waals surface area contributed by atoms with Crippen molar-refractivity contribution in [2.75, 3.05) is 19.0 Å². The summed E-state index contributed by atoms with van der Waals surface area (Å²) >= 11 is 0. The van der Waals surface area contributed by atoms with Crippen molar-refractivity contribution in [3.63, 3.8) is 0 Å². The third kappa shape index (κ3) is 3.66. The minimum atomic E-state index is -0.282. The van der Waals surface area contributed by atoms with Crippen LogP contribution < -0.4 is 14.8 Å². The number of aromatic nitrogens is 1. The van der Waals surface area contributed by atoms with Crippen LogP contribution in [0.3, 0.4) is 0 Å². The Hall–Kier alpha value is -2.76. The molecule has 0 aliphatic heterocycles. The lowest BCUT2D eigenvalue weighted by Gasteiger charge is -2.11. The van der Waals surface area contributed by atoms with Crippen LogP contribution in [0.4, 0.5) is 5.69 Å². The highest BCUT2D eigenvalue weighted by atomic mass is 16.5. The van der Waals surface area contributed by atoms with Gasteiger partial charge in [-0.1, -0.05) is 17.3 Å². The molecule has 0 radical (unpaired) electrons. The molecule has 0 bridgehead atoms. The molecule has 1 N–H and O–H groups in total. The number of carbonyl (C=O) groups is 1. The SMILES string of the molecule is CCOc1cccc(/C=C/C(=O)Nc2conc2C)c1OC. The summed E-state index contributed by atoms with van der Waals surface area (Å²) < 4.78 is 15.6. The van der Waals surface area contributed by atoms with Crippen LogP contribution >= 0.6 is 0 Å². The molecule has 6 nitrogen and oxygen atoms in total. The van der Waals surface area contributed by atoms with Crippen LogP contribution in [0.1, 0.15) is 18.2 Å². The van der Waals surface area contributed by atoms with Crippen LogP contribution in [0.15, 0.2) is 35.1 Å². The molecule has 1 heterocycles. The minimum Gasteiger partial charge on any atom is -0.492 e. The fourth-order valence-corrected chi connectivity index (χ4v) is 1.90. The summed E-state index contributed by atoms with van der Waals surface area (Å²) in [6.07, 6.45) is 4.47. The van der Waals surface area contributed by atoms with Crippen LogP contribution in [0, 0.1) is 6.92 Å². The van der Waals surface area contributed by atoms with Crippen molar-refractivity contribution in [1.82, 2.24) is 5.16 Å². The van der Waals surface area contributed by atoms with Crippen molar-refractivity contribution in [2.45, 2.75) is 13.8 Å². The summed E-state index contributed by atoms with van der Waals surface area (Å²) in [5.41, 5.74) is 1.92. The number of aryl methyl sites for hydroxylation is 1. The first-order valence-electron chi connectivity index (χ1n) is 6.85. The van der Waals surface area contributed by atoms with Gasteiger partial charge in [0.1, 0.15) is 17.6 Å². The van der Waals surface area contributed by atoms with E-state index >= 15 is 0 Å². The van der Waals surface area contributed by atoms with Gasteiger partial charge in [0.2, 0.25) is 5.91 Å². The van der Waals surface area contributed by atoms with Crippen LogP contribution in [0.2, 0.25) is 0 Å². The topological polar surface area (TPSA) is 73.6 Å². The molecule has 0 aliphatic rings. The molecule has 0 saturated carbocycles. The highest BCUT2D eigenvalue weighted by molar-refractivity contribution is 6.02. The third-order valence-electron chi connectivity index (χ3n) is 2.94. The van der Waals surface area contributed by atoms with E-state index in [1.165, 1.54) is 12.3 Å². The monoisotopic (exact) mass is 302 g/mol. The number of anilines is 1. The van der Waals surface area contributed by atoms with Gasteiger partial charge in [-0.15, -0.1) is 0 Å². The predicted molar refractivity (Wildman–Crippen MR) is 83.1 cm³/mol. The Kier molecular flexibility index (Phi) is 5.19. The highest BCUT2D eigenvalue weighted by Crippen LogP contribution is 2.31. The van der Waals surface area contributed by atoms with E-state index in [-0.39, 0.29) is 5.91 Å². The number of benzene rings is 1. The van der Waals surface area contributed by atoms with Crippen LogP contribution in [0.5, 0.6) is 11.5 Å². The summed E-state index contributed by atoms with van der Waals surface area (Å²) in [7, 11) is 1.57. The zero-order chi connectivity index (χ0) is 15.9. The van der Waals surface area contributed by atoms with Crippen molar-refractivity contribution in [3.05, 3.63) is 41.8 Å². The number of rotatable bonds is 6. The molecule has 0 saturated heterocycles. The third-order valence-corrected chi connectivity index (χ3v) is 2.94. The predicted octanol–water partition coefficient (Wildman–Crippen LogP) is 3.04. The van der Waals surface area contributed by atoms with E-state index in [1.807, 2.05) is 25.1 Å². The molecule has 0 atom stereocenters. The first-order valence-corrected chi connectivity index (χ1v) is 6.85. The van der Waals surface area contributed by atoms with Gasteiger partial charge in [0.25, 0.3) is 0 Å². The van der Waals surface area contributed by atoms with Gasteiger partial charge >= 0.3 is 0 Å². The molecule has 2 rings (SSSR count). The number of ether oxygens (including phenoxy) is 2. The van der Waals surface area contributed by atoms with Gasteiger partial charge < -0.3 is 19.3 Å².